The third-order valence-electron chi connectivity index (χ3n) is 1.59. The summed E-state index contributed by atoms with van der Waals surface area (Å²) in [7, 11) is -2.61. The highest BCUT2D eigenvalue weighted by molar-refractivity contribution is 7.72. The van der Waals surface area contributed by atoms with Gasteiger partial charge in [0.15, 0.2) is 0 Å². The van der Waals surface area contributed by atoms with E-state index in [9.17, 15) is 8.42 Å². The summed E-state index contributed by atoms with van der Waals surface area (Å²) in [4.78, 5) is 0. The van der Waals surface area contributed by atoms with Crippen LogP contribution in [0.2, 0.25) is 0 Å². The van der Waals surface area contributed by atoms with Crippen LogP contribution in [0.4, 0.5) is 0 Å². The molecule has 0 amide bonds. The van der Waals surface area contributed by atoms with Gasteiger partial charge in [0, 0.05) is 11.5 Å². The molecule has 0 aliphatic rings. The minimum absolute atomic E-state index is 0.0196. The second-order valence-electron chi connectivity index (χ2n) is 2.38. The maximum absolute atomic E-state index is 10.5. The molecule has 0 bridgehead atoms. The third kappa shape index (κ3) is 1.10. The number of para-hydroxylation sites is 1. The van der Waals surface area contributed by atoms with Crippen molar-refractivity contribution < 1.29 is 12.8 Å². The van der Waals surface area contributed by atoms with Gasteiger partial charge in [0.1, 0.15) is 5.58 Å². The molecule has 4 heteroatoms. The van der Waals surface area contributed by atoms with Crippen LogP contribution < -0.4 is 0 Å². The second-order valence-corrected chi connectivity index (χ2v) is 3.33. The molecule has 0 saturated heterocycles. The lowest BCUT2D eigenvalue weighted by molar-refractivity contribution is 0.491. The van der Waals surface area contributed by atoms with Crippen LogP contribution in [0.25, 0.3) is 11.0 Å². The van der Waals surface area contributed by atoms with Crippen LogP contribution in [-0.2, 0) is 10.7 Å². The number of hydrogen-bond donors (Lipinski definition) is 1. The van der Waals surface area contributed by atoms with Gasteiger partial charge in [-0.2, -0.15) is 0 Å². The summed E-state index contributed by atoms with van der Waals surface area (Å²) in [5.74, 6) is 0. The topological polar surface area (TPSA) is 47.3 Å². The average Bonchev–Trinajstić information content (AvgIpc) is 2.46. The molecule has 0 aliphatic heterocycles. The highest BCUT2D eigenvalue weighted by atomic mass is 32.2. The summed E-state index contributed by atoms with van der Waals surface area (Å²) in [6.07, 6.45) is 0. The quantitative estimate of drug-likeness (QED) is 0.678. The second kappa shape index (κ2) is 2.64. The summed E-state index contributed by atoms with van der Waals surface area (Å²) < 4.78 is 26.1. The van der Waals surface area contributed by atoms with Gasteiger partial charge >= 0.3 is 0 Å². The highest BCUT2D eigenvalue weighted by Crippen LogP contribution is 2.19. The molecule has 0 N–H and O–H groups in total. The standard InChI is InChI=1S/C8H6O3S/c9-12(10)8-5-6-3-1-2-4-7(6)11-8/h1-5,12H. The molecule has 0 spiro atoms. The van der Waals surface area contributed by atoms with E-state index in [1.54, 1.807) is 18.2 Å². The molecule has 1 aromatic heterocycles. The zero-order valence-corrected chi connectivity index (χ0v) is 6.95. The van der Waals surface area contributed by atoms with Gasteiger partial charge in [-0.25, -0.2) is 8.42 Å². The molecule has 2 rings (SSSR count). The zero-order chi connectivity index (χ0) is 8.55. The van der Waals surface area contributed by atoms with E-state index < -0.39 is 10.7 Å². The Morgan fingerprint density at radius 2 is 1.92 bits per heavy atom. The molecule has 12 heavy (non-hydrogen) atoms. The lowest BCUT2D eigenvalue weighted by atomic mass is 10.3. The number of thiol groups is 1. The van der Waals surface area contributed by atoms with Gasteiger partial charge in [0.2, 0.25) is 15.8 Å². The summed E-state index contributed by atoms with van der Waals surface area (Å²) in [6.45, 7) is 0. The van der Waals surface area contributed by atoms with Crippen molar-refractivity contribution in [1.29, 1.82) is 0 Å². The van der Waals surface area contributed by atoms with Gasteiger partial charge in [0.25, 0.3) is 0 Å². The van der Waals surface area contributed by atoms with Crippen LogP contribution in [0.3, 0.4) is 0 Å². The van der Waals surface area contributed by atoms with E-state index >= 15 is 0 Å². The molecule has 3 nitrogen and oxygen atoms in total. The smallest absolute Gasteiger partial charge is 0.216 e. The Balaban J connectivity index is 2.78. The maximum atomic E-state index is 10.5. The van der Waals surface area contributed by atoms with E-state index in [0.717, 1.165) is 5.39 Å². The molecule has 2 aromatic rings. The monoisotopic (exact) mass is 182 g/mol. The Kier molecular flexibility index (Phi) is 1.62. The molecule has 0 unspecified atom stereocenters. The summed E-state index contributed by atoms with van der Waals surface area (Å²) in [5.41, 5.74) is 0.603. The molecule has 0 fully saturated rings. The van der Waals surface area contributed by atoms with Crippen LogP contribution in [0.15, 0.2) is 39.8 Å². The number of furan rings is 1. The van der Waals surface area contributed by atoms with Crippen LogP contribution in [0, 0.1) is 0 Å². The Morgan fingerprint density at radius 1 is 1.17 bits per heavy atom. The number of hydrogen-bond acceptors (Lipinski definition) is 3. The predicted molar refractivity (Wildman–Crippen MR) is 44.8 cm³/mol. The molecule has 0 aliphatic carbocycles. The largest absolute Gasteiger partial charge is 0.445 e. The number of benzene rings is 1. The SMILES string of the molecule is O=[SH](=O)c1cc2ccccc2o1. The molecule has 1 heterocycles. The van der Waals surface area contributed by atoms with Gasteiger partial charge in [0.05, 0.1) is 0 Å². The first-order valence-corrected chi connectivity index (χ1v) is 4.58. The first-order valence-electron chi connectivity index (χ1n) is 3.40. The Hall–Kier alpha value is -1.29. The normalized spacial score (nSPS) is 11.1. The van der Waals surface area contributed by atoms with E-state index in [0.29, 0.717) is 5.58 Å². The predicted octanol–water partition coefficient (Wildman–Crippen LogP) is 1.40. The minimum atomic E-state index is -2.61. The molecule has 0 radical (unpaired) electrons. The van der Waals surface area contributed by atoms with Crippen LogP contribution in [-0.4, -0.2) is 8.42 Å². The fourth-order valence-corrected chi connectivity index (χ4v) is 1.48. The fraction of sp³-hybridized carbons (Fsp3) is 0. The lowest BCUT2D eigenvalue weighted by Crippen LogP contribution is -1.70. The van der Waals surface area contributed by atoms with Crippen molar-refractivity contribution in [3.8, 4) is 0 Å². The maximum Gasteiger partial charge on any atom is 0.216 e. The van der Waals surface area contributed by atoms with E-state index in [1.165, 1.54) is 6.07 Å². The summed E-state index contributed by atoms with van der Waals surface area (Å²) >= 11 is 0. The van der Waals surface area contributed by atoms with Crippen LogP contribution in [0.1, 0.15) is 0 Å². The lowest BCUT2D eigenvalue weighted by Gasteiger charge is -1.81. The van der Waals surface area contributed by atoms with Crippen molar-refractivity contribution >= 4 is 21.7 Å². The molecule has 62 valence electrons. The van der Waals surface area contributed by atoms with Gasteiger partial charge < -0.3 is 4.42 Å². The number of fused-ring (bicyclic) bond motifs is 1. The minimum Gasteiger partial charge on any atom is -0.445 e. The third-order valence-corrected chi connectivity index (χ3v) is 2.17. The van der Waals surface area contributed by atoms with Crippen molar-refractivity contribution in [1.82, 2.24) is 0 Å². The van der Waals surface area contributed by atoms with E-state index in [-0.39, 0.29) is 5.09 Å². The molecule has 0 saturated carbocycles. The van der Waals surface area contributed by atoms with Gasteiger partial charge in [-0.05, 0) is 6.07 Å². The van der Waals surface area contributed by atoms with E-state index in [1.807, 2.05) is 6.07 Å². The molecular weight excluding hydrogens is 176 g/mol. The van der Waals surface area contributed by atoms with Crippen LogP contribution >= 0.6 is 0 Å². The van der Waals surface area contributed by atoms with Crippen LogP contribution in [0.5, 0.6) is 0 Å². The van der Waals surface area contributed by atoms with Crippen molar-refractivity contribution in [3.63, 3.8) is 0 Å². The molecule has 1 aromatic carbocycles. The Labute approximate surface area is 70.6 Å². The first kappa shape index (κ1) is 7.36. The highest BCUT2D eigenvalue weighted by Gasteiger charge is 2.02. The van der Waals surface area contributed by atoms with E-state index in [4.69, 9.17) is 4.42 Å². The van der Waals surface area contributed by atoms with Crippen molar-refractivity contribution in [2.45, 2.75) is 5.09 Å². The molecular formula is C8H6O3S. The summed E-state index contributed by atoms with van der Waals surface area (Å²) in [5, 5.41) is 0.831. The Bertz CT molecular complexity index is 441. The van der Waals surface area contributed by atoms with E-state index in [2.05, 4.69) is 0 Å². The van der Waals surface area contributed by atoms with Crippen molar-refractivity contribution in [2.24, 2.45) is 0 Å². The number of rotatable bonds is 1. The van der Waals surface area contributed by atoms with Gasteiger partial charge in [-0.15, -0.1) is 0 Å². The Morgan fingerprint density at radius 3 is 2.58 bits per heavy atom. The fourth-order valence-electron chi connectivity index (χ4n) is 1.06. The van der Waals surface area contributed by atoms with Gasteiger partial charge in [-0.3, -0.25) is 0 Å². The summed E-state index contributed by atoms with van der Waals surface area (Å²) in [6, 6.07) is 8.69. The van der Waals surface area contributed by atoms with Crippen molar-refractivity contribution in [3.05, 3.63) is 30.3 Å². The molecule has 0 atom stereocenters. The van der Waals surface area contributed by atoms with Gasteiger partial charge in [-0.1, -0.05) is 18.2 Å². The average molecular weight is 182 g/mol. The zero-order valence-electron chi connectivity index (χ0n) is 6.06. The van der Waals surface area contributed by atoms with Crippen molar-refractivity contribution in [2.75, 3.05) is 0 Å². The first-order chi connectivity index (χ1) is 5.77.